The Morgan fingerprint density at radius 1 is 0.939 bits per heavy atom. The quantitative estimate of drug-likeness (QED) is 0.325. The van der Waals surface area contributed by atoms with Gasteiger partial charge in [0.25, 0.3) is 11.2 Å². The third-order valence-electron chi connectivity index (χ3n) is 5.01. The summed E-state index contributed by atoms with van der Waals surface area (Å²) in [7, 11) is -3.42. The Labute approximate surface area is 187 Å². The fourth-order valence-electron chi connectivity index (χ4n) is 3.42. The van der Waals surface area contributed by atoms with E-state index in [-0.39, 0.29) is 21.8 Å². The van der Waals surface area contributed by atoms with Crippen molar-refractivity contribution >= 4 is 15.5 Å². The van der Waals surface area contributed by atoms with Gasteiger partial charge < -0.3 is 0 Å². The normalized spacial score (nSPS) is 11.3. The first-order chi connectivity index (χ1) is 15.7. The molecule has 4 rings (SSSR count). The van der Waals surface area contributed by atoms with Crippen molar-refractivity contribution in [3.05, 3.63) is 105 Å². The number of para-hydroxylation sites is 2. The van der Waals surface area contributed by atoms with Crippen molar-refractivity contribution in [2.75, 3.05) is 6.26 Å². The SMILES string of the molecule is CS(=O)(=O)c1ccc(-c2cnn(-c3ccccc3[N+](=O)[O-])c(=O)c2-c2ccc(F)cc2)cc1. The van der Waals surface area contributed by atoms with Crippen LogP contribution in [0.4, 0.5) is 10.1 Å². The molecule has 33 heavy (non-hydrogen) atoms. The predicted molar refractivity (Wildman–Crippen MR) is 120 cm³/mol. The van der Waals surface area contributed by atoms with Crippen molar-refractivity contribution in [3.63, 3.8) is 0 Å². The second kappa shape index (κ2) is 8.40. The van der Waals surface area contributed by atoms with Crippen molar-refractivity contribution < 1.29 is 17.7 Å². The van der Waals surface area contributed by atoms with E-state index in [4.69, 9.17) is 0 Å². The smallest absolute Gasteiger partial charge is 0.267 e. The molecule has 0 radical (unpaired) electrons. The average molecular weight is 465 g/mol. The van der Waals surface area contributed by atoms with Crippen molar-refractivity contribution in [1.82, 2.24) is 9.78 Å². The summed E-state index contributed by atoms with van der Waals surface area (Å²) in [6.07, 6.45) is 2.45. The maximum absolute atomic E-state index is 13.5. The Morgan fingerprint density at radius 2 is 1.55 bits per heavy atom. The summed E-state index contributed by atoms with van der Waals surface area (Å²) in [6, 6.07) is 16.8. The zero-order chi connectivity index (χ0) is 23.8. The fraction of sp³-hybridized carbons (Fsp3) is 0.0435. The highest BCUT2D eigenvalue weighted by molar-refractivity contribution is 7.90. The van der Waals surface area contributed by atoms with Gasteiger partial charge in [-0.15, -0.1) is 0 Å². The molecule has 0 atom stereocenters. The first-order valence-electron chi connectivity index (χ1n) is 9.59. The zero-order valence-corrected chi connectivity index (χ0v) is 18.0. The summed E-state index contributed by atoms with van der Waals surface area (Å²) in [5, 5.41) is 15.6. The molecular formula is C23H16FN3O5S. The minimum Gasteiger partial charge on any atom is -0.267 e. The summed E-state index contributed by atoms with van der Waals surface area (Å²) in [5.41, 5.74) is 0.397. The highest BCUT2D eigenvalue weighted by atomic mass is 32.2. The first-order valence-corrected chi connectivity index (χ1v) is 11.5. The number of aromatic nitrogens is 2. The molecule has 0 unspecified atom stereocenters. The summed E-state index contributed by atoms with van der Waals surface area (Å²) < 4.78 is 38.0. The molecule has 166 valence electrons. The number of nitro benzene ring substituents is 1. The number of halogens is 1. The van der Waals surface area contributed by atoms with Crippen LogP contribution >= 0.6 is 0 Å². The zero-order valence-electron chi connectivity index (χ0n) is 17.2. The van der Waals surface area contributed by atoms with Crippen LogP contribution in [0.25, 0.3) is 27.9 Å². The Hall–Kier alpha value is -4.18. The second-order valence-corrected chi connectivity index (χ2v) is 9.22. The van der Waals surface area contributed by atoms with Crippen LogP contribution in [0, 0.1) is 15.9 Å². The Balaban J connectivity index is 1.99. The maximum atomic E-state index is 13.5. The van der Waals surface area contributed by atoms with Gasteiger partial charge in [0.2, 0.25) is 0 Å². The minimum absolute atomic E-state index is 0.0187. The van der Waals surface area contributed by atoms with Crippen LogP contribution in [-0.4, -0.2) is 29.4 Å². The van der Waals surface area contributed by atoms with E-state index in [1.54, 1.807) is 6.07 Å². The second-order valence-electron chi connectivity index (χ2n) is 7.20. The average Bonchev–Trinajstić information content (AvgIpc) is 2.79. The molecule has 0 fully saturated rings. The van der Waals surface area contributed by atoms with Crippen LogP contribution in [0.15, 0.2) is 88.7 Å². The number of hydrogen-bond acceptors (Lipinski definition) is 6. The number of nitro groups is 1. The maximum Gasteiger partial charge on any atom is 0.295 e. The van der Waals surface area contributed by atoms with Gasteiger partial charge in [-0.1, -0.05) is 36.4 Å². The van der Waals surface area contributed by atoms with E-state index in [0.717, 1.165) is 10.9 Å². The fourth-order valence-corrected chi connectivity index (χ4v) is 4.05. The molecule has 0 aliphatic carbocycles. The van der Waals surface area contributed by atoms with E-state index in [9.17, 15) is 27.7 Å². The van der Waals surface area contributed by atoms with E-state index >= 15 is 0 Å². The molecular weight excluding hydrogens is 449 g/mol. The van der Waals surface area contributed by atoms with E-state index < -0.39 is 26.1 Å². The lowest BCUT2D eigenvalue weighted by Gasteiger charge is -2.13. The van der Waals surface area contributed by atoms with Crippen LogP contribution in [0.5, 0.6) is 0 Å². The van der Waals surface area contributed by atoms with E-state index in [1.165, 1.54) is 72.9 Å². The van der Waals surface area contributed by atoms with Crippen LogP contribution in [0.2, 0.25) is 0 Å². The number of hydrogen-bond donors (Lipinski definition) is 0. The monoisotopic (exact) mass is 465 g/mol. The molecule has 4 aromatic rings. The van der Waals surface area contributed by atoms with Crippen molar-refractivity contribution in [3.8, 4) is 27.9 Å². The summed E-state index contributed by atoms with van der Waals surface area (Å²) in [6.45, 7) is 0. The molecule has 0 aliphatic heterocycles. The Bertz CT molecular complexity index is 1530. The molecule has 1 heterocycles. The molecule has 0 amide bonds. The third kappa shape index (κ3) is 4.28. The standard InChI is InChI=1S/C23H16FN3O5S/c1-33(31,32)18-12-8-15(9-13-18)19-14-25-26(20-4-2-3-5-21(20)27(29)30)23(28)22(19)16-6-10-17(24)11-7-16/h2-14H,1H3. The van der Waals surface area contributed by atoms with Crippen LogP contribution < -0.4 is 5.56 Å². The van der Waals surface area contributed by atoms with Crippen molar-refractivity contribution in [2.24, 2.45) is 0 Å². The summed E-state index contributed by atoms with van der Waals surface area (Å²) in [5.74, 6) is -0.495. The van der Waals surface area contributed by atoms with Crippen LogP contribution in [-0.2, 0) is 9.84 Å². The lowest BCUT2D eigenvalue weighted by molar-refractivity contribution is -0.384. The molecule has 3 aromatic carbocycles. The summed E-state index contributed by atoms with van der Waals surface area (Å²) in [4.78, 5) is 24.5. The van der Waals surface area contributed by atoms with Gasteiger partial charge in [-0.3, -0.25) is 14.9 Å². The first kappa shape index (κ1) is 22.0. The Kier molecular flexibility index (Phi) is 5.60. The number of benzene rings is 3. The molecule has 0 saturated carbocycles. The van der Waals surface area contributed by atoms with Gasteiger partial charge in [0, 0.05) is 17.9 Å². The third-order valence-corrected chi connectivity index (χ3v) is 6.14. The number of rotatable bonds is 5. The van der Waals surface area contributed by atoms with E-state index in [0.29, 0.717) is 16.7 Å². The topological polar surface area (TPSA) is 112 Å². The lowest BCUT2D eigenvalue weighted by atomic mass is 9.97. The van der Waals surface area contributed by atoms with Gasteiger partial charge in [0.05, 0.1) is 21.6 Å². The predicted octanol–water partition coefficient (Wildman–Crippen LogP) is 4.02. The minimum atomic E-state index is -3.42. The molecule has 0 spiro atoms. The number of sulfone groups is 1. The molecule has 10 heteroatoms. The van der Waals surface area contributed by atoms with Crippen molar-refractivity contribution in [2.45, 2.75) is 4.90 Å². The van der Waals surface area contributed by atoms with Gasteiger partial charge in [-0.25, -0.2) is 12.8 Å². The van der Waals surface area contributed by atoms with Crippen LogP contribution in [0.3, 0.4) is 0 Å². The highest BCUT2D eigenvalue weighted by Crippen LogP contribution is 2.31. The van der Waals surface area contributed by atoms with E-state index in [1.807, 2.05) is 0 Å². The summed E-state index contributed by atoms with van der Waals surface area (Å²) >= 11 is 0. The van der Waals surface area contributed by atoms with Gasteiger partial charge in [0.1, 0.15) is 11.5 Å². The molecule has 1 aromatic heterocycles. The van der Waals surface area contributed by atoms with E-state index in [2.05, 4.69) is 5.10 Å². The van der Waals surface area contributed by atoms with Crippen LogP contribution in [0.1, 0.15) is 0 Å². The molecule has 0 bridgehead atoms. The van der Waals surface area contributed by atoms with Gasteiger partial charge in [-0.2, -0.15) is 9.78 Å². The largest absolute Gasteiger partial charge is 0.295 e. The highest BCUT2D eigenvalue weighted by Gasteiger charge is 2.21. The molecule has 0 N–H and O–H groups in total. The lowest BCUT2D eigenvalue weighted by Crippen LogP contribution is -2.24. The van der Waals surface area contributed by atoms with Gasteiger partial charge in [0.15, 0.2) is 9.84 Å². The number of nitrogens with zero attached hydrogens (tertiary/aromatic N) is 3. The van der Waals surface area contributed by atoms with Gasteiger partial charge >= 0.3 is 0 Å². The molecule has 0 saturated heterocycles. The Morgan fingerprint density at radius 3 is 2.15 bits per heavy atom. The molecule has 0 aliphatic rings. The van der Waals surface area contributed by atoms with Crippen molar-refractivity contribution in [1.29, 1.82) is 0 Å². The molecule has 8 nitrogen and oxygen atoms in total. The van der Waals surface area contributed by atoms with Gasteiger partial charge in [-0.05, 0) is 41.5 Å².